The zero-order valence-electron chi connectivity index (χ0n) is 16.0. The number of carbonyl (C=O) groups is 1. The maximum atomic E-state index is 13.2. The first kappa shape index (κ1) is 19.8. The highest BCUT2D eigenvalue weighted by Crippen LogP contribution is 2.24. The Hall–Kier alpha value is -3.51. The van der Waals surface area contributed by atoms with Crippen molar-refractivity contribution in [2.24, 2.45) is 0 Å². The van der Waals surface area contributed by atoms with Crippen LogP contribution in [0.25, 0.3) is 22.4 Å². The van der Waals surface area contributed by atoms with Gasteiger partial charge >= 0.3 is 0 Å². The predicted octanol–water partition coefficient (Wildman–Crippen LogP) is 5.68. The molecule has 1 heterocycles. The van der Waals surface area contributed by atoms with Crippen molar-refractivity contribution < 1.29 is 9.18 Å². The van der Waals surface area contributed by atoms with E-state index in [9.17, 15) is 9.18 Å². The van der Waals surface area contributed by atoms with E-state index in [2.05, 4.69) is 39.8 Å². The standard InChI is InChI=1S/C24H18FN3OS/c25-20-7-4-8-21(15-20)26-23(29)16-30-24-14-13-22(27-28-24)19-11-9-18(10-12-19)17-5-2-1-3-6-17/h1-15H,16H2,(H,26,29). The molecule has 0 aliphatic rings. The van der Waals surface area contributed by atoms with E-state index in [4.69, 9.17) is 0 Å². The minimum atomic E-state index is -0.390. The second-order valence-electron chi connectivity index (χ2n) is 6.55. The molecule has 4 rings (SSSR count). The van der Waals surface area contributed by atoms with Gasteiger partial charge in [-0.25, -0.2) is 4.39 Å². The first-order valence-electron chi connectivity index (χ1n) is 9.35. The van der Waals surface area contributed by atoms with Gasteiger partial charge in [0.05, 0.1) is 11.4 Å². The number of hydrogen-bond donors (Lipinski definition) is 1. The van der Waals surface area contributed by atoms with E-state index < -0.39 is 5.82 Å². The molecule has 0 bridgehead atoms. The monoisotopic (exact) mass is 415 g/mol. The Morgan fingerprint density at radius 3 is 2.23 bits per heavy atom. The lowest BCUT2D eigenvalue weighted by atomic mass is 10.0. The van der Waals surface area contributed by atoms with E-state index in [-0.39, 0.29) is 11.7 Å². The predicted molar refractivity (Wildman–Crippen MR) is 119 cm³/mol. The van der Waals surface area contributed by atoms with Gasteiger partial charge in [-0.3, -0.25) is 4.79 Å². The number of aromatic nitrogens is 2. The lowest BCUT2D eigenvalue weighted by Crippen LogP contribution is -2.14. The van der Waals surface area contributed by atoms with Gasteiger partial charge in [-0.1, -0.05) is 72.4 Å². The van der Waals surface area contributed by atoms with Crippen molar-refractivity contribution in [3.8, 4) is 22.4 Å². The summed E-state index contributed by atoms with van der Waals surface area (Å²) in [4.78, 5) is 12.0. The van der Waals surface area contributed by atoms with E-state index in [1.165, 1.54) is 29.5 Å². The molecule has 0 unspecified atom stereocenters. The number of nitrogens with one attached hydrogen (secondary N) is 1. The number of benzene rings is 3. The van der Waals surface area contributed by atoms with Gasteiger partial charge in [0.15, 0.2) is 0 Å². The average molecular weight is 415 g/mol. The number of nitrogens with zero attached hydrogens (tertiary/aromatic N) is 2. The Bertz CT molecular complexity index is 1130. The summed E-state index contributed by atoms with van der Waals surface area (Å²) in [6, 6.07) is 27.9. The van der Waals surface area contributed by atoms with Crippen molar-refractivity contribution in [2.45, 2.75) is 5.03 Å². The van der Waals surface area contributed by atoms with Crippen LogP contribution in [0.1, 0.15) is 0 Å². The lowest BCUT2D eigenvalue weighted by molar-refractivity contribution is -0.113. The highest BCUT2D eigenvalue weighted by atomic mass is 32.2. The van der Waals surface area contributed by atoms with Crippen LogP contribution in [0.15, 0.2) is 96.0 Å². The molecule has 0 aliphatic heterocycles. The number of anilines is 1. The average Bonchev–Trinajstić information content (AvgIpc) is 2.79. The van der Waals surface area contributed by atoms with Crippen molar-refractivity contribution in [1.29, 1.82) is 0 Å². The normalized spacial score (nSPS) is 10.6. The molecule has 0 radical (unpaired) electrons. The molecule has 4 nitrogen and oxygen atoms in total. The molecule has 1 amide bonds. The molecular weight excluding hydrogens is 397 g/mol. The summed E-state index contributed by atoms with van der Waals surface area (Å²) in [6.45, 7) is 0. The summed E-state index contributed by atoms with van der Waals surface area (Å²) in [5.41, 5.74) is 4.48. The molecule has 6 heteroatoms. The smallest absolute Gasteiger partial charge is 0.234 e. The Morgan fingerprint density at radius 2 is 1.53 bits per heavy atom. The summed E-state index contributed by atoms with van der Waals surface area (Å²) in [5.74, 6) is -0.456. The number of rotatable bonds is 6. The Labute approximate surface area is 178 Å². The Balaban J connectivity index is 1.35. The van der Waals surface area contributed by atoms with E-state index >= 15 is 0 Å². The molecule has 148 valence electrons. The van der Waals surface area contributed by atoms with Gasteiger partial charge in [-0.15, -0.1) is 10.2 Å². The molecule has 1 aromatic heterocycles. The molecule has 0 saturated heterocycles. The molecule has 0 saturated carbocycles. The largest absolute Gasteiger partial charge is 0.325 e. The van der Waals surface area contributed by atoms with Gasteiger partial charge in [0, 0.05) is 11.3 Å². The minimum Gasteiger partial charge on any atom is -0.325 e. The van der Waals surface area contributed by atoms with E-state index in [1.54, 1.807) is 12.1 Å². The zero-order chi connectivity index (χ0) is 20.8. The first-order chi connectivity index (χ1) is 14.7. The number of amides is 1. The van der Waals surface area contributed by atoms with E-state index in [1.807, 2.05) is 42.5 Å². The Morgan fingerprint density at radius 1 is 0.800 bits per heavy atom. The number of hydrogen-bond acceptors (Lipinski definition) is 4. The highest BCUT2D eigenvalue weighted by Gasteiger charge is 2.07. The first-order valence-corrected chi connectivity index (χ1v) is 10.3. The van der Waals surface area contributed by atoms with Crippen molar-refractivity contribution in [3.63, 3.8) is 0 Å². The third-order valence-corrected chi connectivity index (χ3v) is 5.31. The van der Waals surface area contributed by atoms with Crippen LogP contribution in [0.2, 0.25) is 0 Å². The third-order valence-electron chi connectivity index (χ3n) is 4.39. The maximum absolute atomic E-state index is 13.2. The van der Waals surface area contributed by atoms with Crippen molar-refractivity contribution in [2.75, 3.05) is 11.1 Å². The quantitative estimate of drug-likeness (QED) is 0.412. The number of thioether (sulfide) groups is 1. The van der Waals surface area contributed by atoms with Crippen LogP contribution in [0, 0.1) is 5.82 Å². The van der Waals surface area contributed by atoms with E-state index in [0.29, 0.717) is 10.7 Å². The summed E-state index contributed by atoms with van der Waals surface area (Å²) >= 11 is 1.28. The fourth-order valence-electron chi connectivity index (χ4n) is 2.92. The van der Waals surface area contributed by atoms with Gasteiger partial charge in [-0.2, -0.15) is 0 Å². The lowest BCUT2D eigenvalue weighted by Gasteiger charge is -2.06. The van der Waals surface area contributed by atoms with E-state index in [0.717, 1.165) is 16.8 Å². The van der Waals surface area contributed by atoms with Gasteiger partial charge in [0.25, 0.3) is 0 Å². The fourth-order valence-corrected chi connectivity index (χ4v) is 3.53. The van der Waals surface area contributed by atoms with Crippen LogP contribution >= 0.6 is 11.8 Å². The summed E-state index contributed by atoms with van der Waals surface area (Å²) < 4.78 is 13.2. The summed E-state index contributed by atoms with van der Waals surface area (Å²) in [5, 5.41) is 11.8. The molecule has 3 aromatic carbocycles. The van der Waals surface area contributed by atoms with Crippen molar-refractivity contribution in [1.82, 2.24) is 10.2 Å². The molecule has 1 N–H and O–H groups in total. The molecule has 0 fully saturated rings. The van der Waals surface area contributed by atoms with Crippen LogP contribution in [-0.2, 0) is 4.79 Å². The van der Waals surface area contributed by atoms with Crippen LogP contribution in [-0.4, -0.2) is 21.9 Å². The molecule has 0 atom stereocenters. The Kier molecular flexibility index (Phi) is 6.15. The van der Waals surface area contributed by atoms with Crippen LogP contribution in [0.3, 0.4) is 0 Å². The number of carbonyl (C=O) groups excluding carboxylic acids is 1. The third kappa shape index (κ3) is 5.10. The SMILES string of the molecule is O=C(CSc1ccc(-c2ccc(-c3ccccc3)cc2)nn1)Nc1cccc(F)c1. The molecule has 0 spiro atoms. The van der Waals surface area contributed by atoms with Crippen LogP contribution in [0.4, 0.5) is 10.1 Å². The minimum absolute atomic E-state index is 0.163. The second kappa shape index (κ2) is 9.33. The second-order valence-corrected chi connectivity index (χ2v) is 7.54. The van der Waals surface area contributed by atoms with Crippen molar-refractivity contribution >= 4 is 23.4 Å². The maximum Gasteiger partial charge on any atom is 0.234 e. The summed E-state index contributed by atoms with van der Waals surface area (Å²) in [6.07, 6.45) is 0. The molecule has 30 heavy (non-hydrogen) atoms. The van der Waals surface area contributed by atoms with Crippen molar-refractivity contribution in [3.05, 3.63) is 96.8 Å². The highest BCUT2D eigenvalue weighted by molar-refractivity contribution is 7.99. The number of halogens is 1. The van der Waals surface area contributed by atoms with Gasteiger partial charge in [0.1, 0.15) is 10.8 Å². The van der Waals surface area contributed by atoms with Gasteiger partial charge in [0.2, 0.25) is 5.91 Å². The zero-order valence-corrected chi connectivity index (χ0v) is 16.8. The summed E-state index contributed by atoms with van der Waals surface area (Å²) in [7, 11) is 0. The van der Waals surface area contributed by atoms with Gasteiger partial charge in [-0.05, 0) is 41.5 Å². The topological polar surface area (TPSA) is 54.9 Å². The molecular formula is C24H18FN3OS. The van der Waals surface area contributed by atoms with Crippen LogP contribution < -0.4 is 5.32 Å². The van der Waals surface area contributed by atoms with Gasteiger partial charge < -0.3 is 5.32 Å². The van der Waals surface area contributed by atoms with Crippen LogP contribution in [0.5, 0.6) is 0 Å². The fraction of sp³-hybridized carbons (Fsp3) is 0.0417. The molecule has 4 aromatic rings. The molecule has 0 aliphatic carbocycles.